The molecule has 4 nitrogen and oxygen atoms in total. The van der Waals surface area contributed by atoms with Gasteiger partial charge in [0.25, 0.3) is 5.91 Å². The maximum absolute atomic E-state index is 13.8. The molecule has 9 heteroatoms. The van der Waals surface area contributed by atoms with E-state index in [0.29, 0.717) is 53.9 Å². The first-order valence-electron chi connectivity index (χ1n) is 14.2. The Morgan fingerprint density at radius 3 is 2.00 bits per heavy atom. The van der Waals surface area contributed by atoms with Gasteiger partial charge < -0.3 is 4.90 Å². The van der Waals surface area contributed by atoms with Gasteiger partial charge in [0.15, 0.2) is 0 Å². The average molecular weight is 634 g/mol. The van der Waals surface area contributed by atoms with E-state index in [9.17, 15) is 18.0 Å². The molecule has 0 saturated carbocycles. The lowest BCUT2D eigenvalue weighted by Gasteiger charge is -2.23. The number of nitrogens with zero attached hydrogens (tertiary/aromatic N) is 3. The van der Waals surface area contributed by atoms with Gasteiger partial charge in [-0.15, -0.1) is 11.3 Å². The van der Waals surface area contributed by atoms with E-state index in [-0.39, 0.29) is 12.5 Å². The summed E-state index contributed by atoms with van der Waals surface area (Å²) in [6, 6.07) is 32.6. The van der Waals surface area contributed by atoms with Crippen molar-refractivity contribution in [1.29, 1.82) is 0 Å². The largest absolute Gasteiger partial charge is 0.416 e. The maximum atomic E-state index is 13.8. The lowest BCUT2D eigenvalue weighted by molar-refractivity contribution is -0.137. The molecule has 5 rings (SSSR count). The van der Waals surface area contributed by atoms with Crippen LogP contribution in [-0.2, 0) is 38.8 Å². The Balaban J connectivity index is 1.35. The zero-order valence-corrected chi connectivity index (χ0v) is 25.5. The van der Waals surface area contributed by atoms with Gasteiger partial charge in [-0.05, 0) is 46.9 Å². The molecule has 0 atom stereocenters. The predicted octanol–water partition coefficient (Wildman–Crippen LogP) is 8.90. The molecule has 44 heavy (non-hydrogen) atoms. The molecule has 0 aliphatic rings. The Labute approximate surface area is 264 Å². The van der Waals surface area contributed by atoms with E-state index in [1.54, 1.807) is 17.5 Å². The standard InChI is InChI=1S/C35H31ClF3N3OS/c36-31-16-8-14-29(20-31)22-41(21-28-13-7-15-30(19-28)35(37,38)39)24-33-40-32(25-44-33)34(43)42(23-27-11-5-2-6-12-27)18-17-26-9-3-1-4-10-26/h1-16,19-20,25H,17-18,21-24H2. The molecule has 0 spiro atoms. The van der Waals surface area contributed by atoms with Crippen molar-refractivity contribution in [3.8, 4) is 0 Å². The summed E-state index contributed by atoms with van der Waals surface area (Å²) in [5, 5.41) is 3.04. The van der Waals surface area contributed by atoms with E-state index in [4.69, 9.17) is 16.6 Å². The van der Waals surface area contributed by atoms with Gasteiger partial charge in [-0.1, -0.05) is 103 Å². The number of carbonyl (C=O) groups excluding carboxylic acids is 1. The van der Waals surface area contributed by atoms with E-state index < -0.39 is 11.7 Å². The fourth-order valence-corrected chi connectivity index (χ4v) is 5.99. The van der Waals surface area contributed by atoms with Crippen molar-refractivity contribution in [1.82, 2.24) is 14.8 Å². The van der Waals surface area contributed by atoms with Crippen molar-refractivity contribution in [2.75, 3.05) is 6.54 Å². The second kappa shape index (κ2) is 14.7. The van der Waals surface area contributed by atoms with Crippen molar-refractivity contribution in [2.24, 2.45) is 0 Å². The van der Waals surface area contributed by atoms with Gasteiger partial charge in [0, 0.05) is 36.6 Å². The third kappa shape index (κ3) is 9.02. The normalized spacial score (nSPS) is 11.6. The minimum absolute atomic E-state index is 0.161. The zero-order chi connectivity index (χ0) is 30.9. The highest BCUT2D eigenvalue weighted by molar-refractivity contribution is 7.09. The molecule has 1 aromatic heterocycles. The predicted molar refractivity (Wildman–Crippen MR) is 169 cm³/mol. The van der Waals surface area contributed by atoms with Gasteiger partial charge in [-0.2, -0.15) is 13.2 Å². The van der Waals surface area contributed by atoms with Gasteiger partial charge in [0.1, 0.15) is 10.7 Å². The highest BCUT2D eigenvalue weighted by atomic mass is 35.5. The number of amides is 1. The highest BCUT2D eigenvalue weighted by Gasteiger charge is 2.30. The summed E-state index contributed by atoms with van der Waals surface area (Å²) in [6.07, 6.45) is -3.72. The number of thiazole rings is 1. The second-order valence-corrected chi connectivity index (χ2v) is 11.9. The monoisotopic (exact) mass is 633 g/mol. The summed E-state index contributed by atoms with van der Waals surface area (Å²) < 4.78 is 40.2. The van der Waals surface area contributed by atoms with Crippen LogP contribution in [0.3, 0.4) is 0 Å². The Bertz CT molecular complexity index is 1660. The van der Waals surface area contributed by atoms with Gasteiger partial charge in [0.2, 0.25) is 0 Å². The van der Waals surface area contributed by atoms with Gasteiger partial charge in [-0.3, -0.25) is 9.69 Å². The van der Waals surface area contributed by atoms with Gasteiger partial charge in [0.05, 0.1) is 12.1 Å². The quantitative estimate of drug-likeness (QED) is 0.138. The maximum Gasteiger partial charge on any atom is 0.416 e. The molecule has 1 heterocycles. The van der Waals surface area contributed by atoms with Crippen LogP contribution in [0, 0.1) is 0 Å². The number of hydrogen-bond acceptors (Lipinski definition) is 4. The summed E-state index contributed by atoms with van der Waals surface area (Å²) >= 11 is 7.58. The van der Waals surface area contributed by atoms with Crippen LogP contribution >= 0.6 is 22.9 Å². The van der Waals surface area contributed by atoms with E-state index in [2.05, 4.69) is 0 Å². The minimum atomic E-state index is -4.43. The lowest BCUT2D eigenvalue weighted by atomic mass is 10.1. The molecule has 0 radical (unpaired) electrons. The van der Waals surface area contributed by atoms with Crippen LogP contribution in [0.5, 0.6) is 0 Å². The second-order valence-electron chi connectivity index (χ2n) is 10.5. The van der Waals surface area contributed by atoms with Crippen LogP contribution in [0.1, 0.15) is 43.3 Å². The molecule has 226 valence electrons. The molecule has 0 aliphatic carbocycles. The summed E-state index contributed by atoms with van der Waals surface area (Å²) in [5.74, 6) is -0.161. The summed E-state index contributed by atoms with van der Waals surface area (Å²) in [6.45, 7) is 2.04. The van der Waals surface area contributed by atoms with Crippen molar-refractivity contribution >= 4 is 28.8 Å². The number of rotatable bonds is 12. The van der Waals surface area contributed by atoms with Crippen molar-refractivity contribution < 1.29 is 18.0 Å². The number of carbonyl (C=O) groups is 1. The Morgan fingerprint density at radius 2 is 1.34 bits per heavy atom. The smallest absolute Gasteiger partial charge is 0.333 e. The lowest BCUT2D eigenvalue weighted by Crippen LogP contribution is -2.33. The molecule has 0 aliphatic heterocycles. The molecule has 5 aromatic rings. The van der Waals surface area contributed by atoms with Crippen LogP contribution < -0.4 is 0 Å². The average Bonchev–Trinajstić information content (AvgIpc) is 3.48. The van der Waals surface area contributed by atoms with E-state index in [1.807, 2.05) is 88.7 Å². The third-order valence-electron chi connectivity index (χ3n) is 7.10. The minimum Gasteiger partial charge on any atom is -0.333 e. The van der Waals surface area contributed by atoms with Crippen LogP contribution in [-0.4, -0.2) is 27.2 Å². The topological polar surface area (TPSA) is 36.4 Å². The molecule has 0 bridgehead atoms. The number of alkyl halides is 3. The molecule has 0 saturated heterocycles. The molecule has 0 N–H and O–H groups in total. The van der Waals surface area contributed by atoms with Crippen molar-refractivity contribution in [2.45, 2.75) is 38.8 Å². The van der Waals surface area contributed by atoms with E-state index in [1.165, 1.54) is 23.5 Å². The van der Waals surface area contributed by atoms with Gasteiger partial charge >= 0.3 is 6.18 Å². The Morgan fingerprint density at radius 1 is 0.727 bits per heavy atom. The van der Waals surface area contributed by atoms with Crippen LogP contribution in [0.25, 0.3) is 0 Å². The van der Waals surface area contributed by atoms with E-state index in [0.717, 1.165) is 22.8 Å². The number of halogens is 4. The molecule has 4 aromatic carbocycles. The summed E-state index contributed by atoms with van der Waals surface area (Å²) in [5.41, 5.74) is 3.29. The number of benzene rings is 4. The van der Waals surface area contributed by atoms with Gasteiger partial charge in [-0.25, -0.2) is 4.98 Å². The molecule has 0 fully saturated rings. The van der Waals surface area contributed by atoms with Crippen molar-refractivity contribution in [3.63, 3.8) is 0 Å². The van der Waals surface area contributed by atoms with Crippen LogP contribution in [0.4, 0.5) is 13.2 Å². The van der Waals surface area contributed by atoms with E-state index >= 15 is 0 Å². The summed E-state index contributed by atoms with van der Waals surface area (Å²) in [4.78, 5) is 22.3. The first kappa shape index (κ1) is 31.4. The highest BCUT2D eigenvalue weighted by Crippen LogP contribution is 2.30. The zero-order valence-electron chi connectivity index (χ0n) is 23.9. The molecular weight excluding hydrogens is 603 g/mol. The Hall–Kier alpha value is -3.98. The first-order valence-corrected chi connectivity index (χ1v) is 15.4. The molecular formula is C35H31ClF3N3OS. The first-order chi connectivity index (χ1) is 21.2. The van der Waals surface area contributed by atoms with Crippen LogP contribution in [0.15, 0.2) is 115 Å². The Kier molecular flexibility index (Phi) is 10.5. The van der Waals surface area contributed by atoms with Crippen LogP contribution in [0.2, 0.25) is 5.02 Å². The fraction of sp³-hybridized carbons (Fsp3) is 0.200. The van der Waals surface area contributed by atoms with Crippen molar-refractivity contribution in [3.05, 3.63) is 158 Å². The summed E-state index contributed by atoms with van der Waals surface area (Å²) in [7, 11) is 0. The molecule has 1 amide bonds. The number of hydrogen-bond donors (Lipinski definition) is 0. The third-order valence-corrected chi connectivity index (χ3v) is 8.17. The number of aromatic nitrogens is 1. The molecule has 0 unspecified atom stereocenters. The fourth-order valence-electron chi connectivity index (χ4n) is 4.97. The SMILES string of the molecule is O=C(c1csc(CN(Cc2cccc(Cl)c2)Cc2cccc(C(F)(F)F)c2)n1)N(CCc1ccccc1)Cc1ccccc1.